The molecule has 0 unspecified atom stereocenters. The van der Waals surface area contributed by atoms with Crippen LogP contribution in [0.4, 0.5) is 0 Å². The molecular weight excluding hydrogens is 592 g/mol. The minimum atomic E-state index is -2.35. The zero-order valence-electron chi connectivity index (χ0n) is 20.1. The molecule has 36 heavy (non-hydrogen) atoms. The molecule has 0 aliphatic carbocycles. The van der Waals surface area contributed by atoms with Crippen LogP contribution in [0, 0.1) is 6.92 Å². The van der Waals surface area contributed by atoms with Crippen molar-refractivity contribution in [3.63, 3.8) is 0 Å². The van der Waals surface area contributed by atoms with Crippen LogP contribution in [0.1, 0.15) is 5.56 Å². The van der Waals surface area contributed by atoms with Gasteiger partial charge in [0.05, 0.1) is 0 Å². The molecule has 0 saturated heterocycles. The summed E-state index contributed by atoms with van der Waals surface area (Å²) in [4.78, 5) is 5.29. The lowest BCUT2D eigenvalue weighted by molar-refractivity contribution is 0.487. The van der Waals surface area contributed by atoms with Crippen LogP contribution in [-0.4, -0.2) is 10.7 Å². The molecule has 0 aliphatic rings. The van der Waals surface area contributed by atoms with Gasteiger partial charge in [0, 0.05) is 11.3 Å². The van der Waals surface area contributed by atoms with Crippen LogP contribution in [0.3, 0.4) is 0 Å². The third kappa shape index (κ3) is 5.08. The van der Waals surface area contributed by atoms with Crippen molar-refractivity contribution in [2.45, 2.75) is 12.0 Å². The predicted octanol–water partition coefficient (Wildman–Crippen LogP) is 7.17. The summed E-state index contributed by atoms with van der Waals surface area (Å²) in [7, 11) is -2.35. The van der Waals surface area contributed by atoms with Gasteiger partial charge in [0.15, 0.2) is 7.26 Å². The summed E-state index contributed by atoms with van der Waals surface area (Å²) in [5.41, 5.74) is 3.19. The van der Waals surface area contributed by atoms with Gasteiger partial charge in [0.25, 0.3) is 5.44 Å². The van der Waals surface area contributed by atoms with Crippen molar-refractivity contribution < 1.29 is 4.42 Å². The fraction of sp³-hybridized carbons (Fsp3) is 0.0645. The highest BCUT2D eigenvalue weighted by Crippen LogP contribution is 2.56. The highest BCUT2D eigenvalue weighted by atomic mass is 127. The molecule has 0 N–H and O–H groups in total. The van der Waals surface area contributed by atoms with Gasteiger partial charge >= 0.3 is 0 Å². The highest BCUT2D eigenvalue weighted by molar-refractivity contribution is 14.0. The quantitative estimate of drug-likeness (QED) is 0.0797. The molecule has 0 radical (unpaired) electrons. The van der Waals surface area contributed by atoms with Crippen molar-refractivity contribution in [3.05, 3.63) is 133 Å². The summed E-state index contributed by atoms with van der Waals surface area (Å²) in [6, 6.07) is 40.7. The molecule has 5 rings (SSSR count). The van der Waals surface area contributed by atoms with Crippen molar-refractivity contribution in [1.82, 2.24) is 4.98 Å². The van der Waals surface area contributed by atoms with Crippen molar-refractivity contribution in [1.29, 1.82) is 0 Å². The molecule has 4 aromatic carbocycles. The summed E-state index contributed by atoms with van der Waals surface area (Å²) < 4.78 is 6.55. The number of rotatable bonds is 8. The first-order valence-corrected chi connectivity index (χ1v) is 14.4. The van der Waals surface area contributed by atoms with Gasteiger partial charge in [-0.1, -0.05) is 90.1 Å². The van der Waals surface area contributed by atoms with E-state index in [-0.39, 0.29) is 24.0 Å². The highest BCUT2D eigenvalue weighted by Gasteiger charge is 2.52. The molecule has 1 heterocycles. The second kappa shape index (κ2) is 12.1. The second-order valence-electron chi connectivity index (χ2n) is 8.27. The number of benzene rings is 4. The van der Waals surface area contributed by atoms with E-state index in [1.807, 2.05) is 6.08 Å². The fourth-order valence-electron chi connectivity index (χ4n) is 4.33. The first kappa shape index (κ1) is 26.4. The van der Waals surface area contributed by atoms with E-state index in [0.717, 1.165) is 21.8 Å². The summed E-state index contributed by atoms with van der Waals surface area (Å²) in [5.74, 6) is 1.40. The third-order valence-corrected chi connectivity index (χ3v) is 11.2. The lowest BCUT2D eigenvalue weighted by atomic mass is 10.1. The Bertz CT molecular complexity index is 1310. The van der Waals surface area contributed by atoms with E-state index in [2.05, 4.69) is 129 Å². The van der Waals surface area contributed by atoms with Crippen LogP contribution in [0.5, 0.6) is 0 Å². The first-order chi connectivity index (χ1) is 17.2. The number of nitrogens with zero attached hydrogens (tertiary/aromatic N) is 1. The summed E-state index contributed by atoms with van der Waals surface area (Å²) in [5, 5.41) is 4.61. The SMILES string of the molecule is C=CCSc1oc(-c2ccc(C)cc2)nc1[P+](c1ccccc1)(c1ccccc1)c1ccccc1.I. The summed E-state index contributed by atoms with van der Waals surface area (Å²) in [6.07, 6.45) is 1.91. The van der Waals surface area contributed by atoms with Crippen LogP contribution in [0.2, 0.25) is 0 Å². The maximum atomic E-state index is 6.55. The van der Waals surface area contributed by atoms with E-state index in [1.54, 1.807) is 11.8 Å². The van der Waals surface area contributed by atoms with Gasteiger partial charge in [-0.25, -0.2) is 0 Å². The Balaban J connectivity index is 0.00000304. The topological polar surface area (TPSA) is 26.0 Å². The molecule has 0 atom stereocenters. The van der Waals surface area contributed by atoms with E-state index in [0.29, 0.717) is 5.89 Å². The van der Waals surface area contributed by atoms with Crippen molar-refractivity contribution >= 4 is 64.3 Å². The van der Waals surface area contributed by atoms with Crippen LogP contribution in [0.15, 0.2) is 137 Å². The minimum Gasteiger partial charge on any atom is -0.425 e. The summed E-state index contributed by atoms with van der Waals surface area (Å²) in [6.45, 7) is 6.03. The Hall–Kier alpha value is -2.66. The number of halogens is 1. The van der Waals surface area contributed by atoms with Gasteiger partial charge in [-0.05, 0) is 55.5 Å². The zero-order valence-corrected chi connectivity index (χ0v) is 24.1. The molecule has 0 saturated carbocycles. The van der Waals surface area contributed by atoms with Gasteiger partial charge in [0.1, 0.15) is 15.9 Å². The molecule has 2 nitrogen and oxygen atoms in total. The number of hydrogen-bond donors (Lipinski definition) is 0. The van der Waals surface area contributed by atoms with E-state index >= 15 is 0 Å². The predicted molar refractivity (Wildman–Crippen MR) is 168 cm³/mol. The molecular formula is C31H28INOPS+. The fourth-order valence-corrected chi connectivity index (χ4v) is 9.56. The minimum absolute atomic E-state index is 0. The average molecular weight is 621 g/mol. The maximum absolute atomic E-state index is 6.55. The normalized spacial score (nSPS) is 11.0. The van der Waals surface area contributed by atoms with Gasteiger partial charge in [0.2, 0.25) is 11.0 Å². The third-order valence-electron chi connectivity index (χ3n) is 5.96. The van der Waals surface area contributed by atoms with Gasteiger partial charge in [-0.2, -0.15) is 4.98 Å². The lowest BCUT2D eigenvalue weighted by Gasteiger charge is -2.25. The van der Waals surface area contributed by atoms with Crippen LogP contribution in [0.25, 0.3) is 11.5 Å². The van der Waals surface area contributed by atoms with Crippen LogP contribution in [-0.2, 0) is 0 Å². The Morgan fingerprint density at radius 1 is 0.750 bits per heavy atom. The monoisotopic (exact) mass is 620 g/mol. The Kier molecular flexibility index (Phi) is 8.84. The molecule has 0 bridgehead atoms. The number of aryl methyl sites for hydroxylation is 1. The molecule has 0 spiro atoms. The largest absolute Gasteiger partial charge is 0.425 e. The number of aromatic nitrogens is 1. The van der Waals surface area contributed by atoms with Crippen molar-refractivity contribution in [2.75, 3.05) is 5.75 Å². The van der Waals surface area contributed by atoms with E-state index in [1.165, 1.54) is 21.5 Å². The van der Waals surface area contributed by atoms with Gasteiger partial charge in [-0.15, -0.1) is 30.6 Å². The first-order valence-electron chi connectivity index (χ1n) is 11.6. The van der Waals surface area contributed by atoms with Crippen molar-refractivity contribution in [3.8, 4) is 11.5 Å². The van der Waals surface area contributed by atoms with E-state index in [4.69, 9.17) is 9.40 Å². The van der Waals surface area contributed by atoms with Crippen LogP contribution >= 0.6 is 43.0 Å². The Labute approximate surface area is 235 Å². The number of oxazole rings is 1. The lowest BCUT2D eigenvalue weighted by Crippen LogP contribution is -2.40. The molecule has 5 aromatic rings. The van der Waals surface area contributed by atoms with Crippen LogP contribution < -0.4 is 21.3 Å². The number of hydrogen-bond acceptors (Lipinski definition) is 3. The standard InChI is InChI=1S/C31H27NOPS.HI/c1-3-23-35-31-30(32-29(33-31)25-21-19-24(2)20-22-25)34(26-13-7-4-8-14-26,27-15-9-5-10-16-27)28-17-11-6-12-18-28;/h3-22H,1,23H2,2H3;1H/q+1;. The van der Waals surface area contributed by atoms with E-state index < -0.39 is 7.26 Å². The van der Waals surface area contributed by atoms with Crippen molar-refractivity contribution in [2.24, 2.45) is 0 Å². The van der Waals surface area contributed by atoms with Gasteiger partial charge < -0.3 is 4.42 Å². The molecule has 0 fully saturated rings. The second-order valence-corrected chi connectivity index (χ2v) is 12.6. The maximum Gasteiger partial charge on any atom is 0.251 e. The smallest absolute Gasteiger partial charge is 0.251 e. The zero-order chi connectivity index (χ0) is 24.1. The molecule has 5 heteroatoms. The van der Waals surface area contributed by atoms with Gasteiger partial charge in [-0.3, -0.25) is 0 Å². The Morgan fingerprint density at radius 3 is 1.67 bits per heavy atom. The average Bonchev–Trinajstić information content (AvgIpc) is 3.34. The number of thioether (sulfide) groups is 1. The molecule has 0 amide bonds. The molecule has 0 aliphatic heterocycles. The summed E-state index contributed by atoms with van der Waals surface area (Å²) >= 11 is 1.66. The van der Waals surface area contributed by atoms with E-state index in [9.17, 15) is 0 Å². The Morgan fingerprint density at radius 2 is 1.22 bits per heavy atom. The molecule has 1 aromatic heterocycles. The molecule has 180 valence electrons.